The maximum atomic E-state index is 9.59. The van der Waals surface area contributed by atoms with E-state index in [0.717, 1.165) is 0 Å². The zero-order chi connectivity index (χ0) is 7.44. The van der Waals surface area contributed by atoms with Gasteiger partial charge in [-0.15, -0.1) is 10.1 Å². The second-order valence-electron chi connectivity index (χ2n) is 1.77. The number of aliphatic hydroxyl groups excluding tert-OH is 1. The Morgan fingerprint density at radius 1 is 1.67 bits per heavy atom. The summed E-state index contributed by atoms with van der Waals surface area (Å²) < 4.78 is 0. The van der Waals surface area contributed by atoms with Crippen molar-refractivity contribution >= 4 is 0 Å². The average Bonchev–Trinajstić information content (AvgIpc) is 1.63. The Hall–Kier alpha value is -0.840. The molecule has 0 aliphatic rings. The van der Waals surface area contributed by atoms with Crippen LogP contribution in [-0.4, -0.2) is 22.4 Å². The van der Waals surface area contributed by atoms with Gasteiger partial charge in [-0.05, 0) is 13.8 Å². The first-order valence-corrected chi connectivity index (χ1v) is 2.53. The van der Waals surface area contributed by atoms with E-state index in [1.165, 1.54) is 13.8 Å². The quantitative estimate of drug-likeness (QED) is 0.435. The van der Waals surface area contributed by atoms with Crippen LogP contribution in [0, 0.1) is 10.1 Å². The molecule has 0 bridgehead atoms. The summed E-state index contributed by atoms with van der Waals surface area (Å²) in [4.78, 5) is 13.6. The van der Waals surface area contributed by atoms with Gasteiger partial charge in [-0.2, -0.15) is 0 Å². The molecule has 0 aliphatic heterocycles. The molecule has 0 fully saturated rings. The average molecular weight is 135 g/mol. The topological polar surface area (TPSA) is 72.6 Å². The molecule has 5 nitrogen and oxygen atoms in total. The smallest absolute Gasteiger partial charge is 0.294 e. The number of nitrogens with zero attached hydrogens (tertiary/aromatic N) is 1. The third-order valence-corrected chi connectivity index (χ3v) is 0.932. The maximum absolute atomic E-state index is 9.59. The van der Waals surface area contributed by atoms with Crippen molar-refractivity contribution in [2.75, 3.05) is 0 Å². The lowest BCUT2D eigenvalue weighted by molar-refractivity contribution is -0.769. The molecular weight excluding hydrogens is 126 g/mol. The molecule has 0 rings (SSSR count). The molecule has 54 valence electrons. The van der Waals surface area contributed by atoms with Crippen LogP contribution in [0.3, 0.4) is 0 Å². The van der Waals surface area contributed by atoms with Gasteiger partial charge in [-0.3, -0.25) is 0 Å². The third-order valence-electron chi connectivity index (χ3n) is 0.932. The first kappa shape index (κ1) is 8.16. The van der Waals surface area contributed by atoms with E-state index < -0.39 is 17.3 Å². The lowest BCUT2D eigenvalue weighted by Crippen LogP contribution is -2.25. The van der Waals surface area contributed by atoms with Gasteiger partial charge in [0.2, 0.25) is 0 Å². The van der Waals surface area contributed by atoms with E-state index in [1.807, 2.05) is 0 Å². The molecule has 0 saturated carbocycles. The monoisotopic (exact) mass is 135 g/mol. The summed E-state index contributed by atoms with van der Waals surface area (Å²) in [5.41, 5.74) is 0. The molecule has 0 saturated heterocycles. The van der Waals surface area contributed by atoms with Crippen molar-refractivity contribution in [2.24, 2.45) is 0 Å². The summed E-state index contributed by atoms with van der Waals surface area (Å²) in [6.45, 7) is 2.85. The fourth-order valence-electron chi connectivity index (χ4n) is 0.224. The van der Waals surface area contributed by atoms with Gasteiger partial charge in [0, 0.05) is 0 Å². The first-order chi connectivity index (χ1) is 4.04. The summed E-state index contributed by atoms with van der Waals surface area (Å²) in [5, 5.41) is 17.3. The minimum absolute atomic E-state index is 0.750. The van der Waals surface area contributed by atoms with Gasteiger partial charge in [0.25, 0.3) is 5.09 Å². The first-order valence-electron chi connectivity index (χ1n) is 2.53. The van der Waals surface area contributed by atoms with Crippen LogP contribution in [0.1, 0.15) is 13.8 Å². The van der Waals surface area contributed by atoms with Gasteiger partial charge >= 0.3 is 0 Å². The highest BCUT2D eigenvalue weighted by Crippen LogP contribution is 1.96. The predicted octanol–water partition coefficient (Wildman–Crippen LogP) is -0.0360. The summed E-state index contributed by atoms with van der Waals surface area (Å²) in [5.74, 6) is 0. The van der Waals surface area contributed by atoms with Crippen molar-refractivity contribution in [3.63, 3.8) is 0 Å². The molecule has 9 heavy (non-hydrogen) atoms. The van der Waals surface area contributed by atoms with Crippen molar-refractivity contribution < 1.29 is 15.0 Å². The van der Waals surface area contributed by atoms with Crippen molar-refractivity contribution in [1.29, 1.82) is 0 Å². The summed E-state index contributed by atoms with van der Waals surface area (Å²) in [6.07, 6.45) is -1.56. The molecule has 0 spiro atoms. The minimum Gasteiger partial charge on any atom is -0.391 e. The molecule has 0 aliphatic carbocycles. The molecule has 0 aromatic rings. The van der Waals surface area contributed by atoms with Crippen LogP contribution in [0.2, 0.25) is 0 Å². The number of aliphatic hydroxyl groups is 1. The van der Waals surface area contributed by atoms with E-state index in [-0.39, 0.29) is 0 Å². The largest absolute Gasteiger partial charge is 0.391 e. The van der Waals surface area contributed by atoms with Gasteiger partial charge in [0.15, 0.2) is 0 Å². The minimum atomic E-state index is -0.919. The highest BCUT2D eigenvalue weighted by molar-refractivity contribution is 4.53. The number of hydrogen-bond donors (Lipinski definition) is 1. The Bertz CT molecular complexity index is 103. The standard InChI is InChI=1S/C4H9NO4/c1-3(6)4(2)9-5(7)8/h3-4,6H,1-2H3/t3-,4+/m1/s1. The molecule has 0 heterocycles. The molecule has 1 N–H and O–H groups in total. The lowest BCUT2D eigenvalue weighted by atomic mass is 10.3. The molecular formula is C4H9NO4. The summed E-state index contributed by atoms with van der Waals surface area (Å²) in [7, 11) is 0. The highest BCUT2D eigenvalue weighted by Gasteiger charge is 2.11. The Morgan fingerprint density at radius 3 is 2.22 bits per heavy atom. The Morgan fingerprint density at radius 2 is 2.11 bits per heavy atom. The fourth-order valence-corrected chi connectivity index (χ4v) is 0.224. The molecule has 2 atom stereocenters. The van der Waals surface area contributed by atoms with E-state index in [2.05, 4.69) is 4.84 Å². The highest BCUT2D eigenvalue weighted by atomic mass is 17.0. The molecule has 0 aromatic heterocycles. The van der Waals surface area contributed by atoms with Crippen molar-refractivity contribution in [1.82, 2.24) is 0 Å². The van der Waals surface area contributed by atoms with Crippen LogP contribution >= 0.6 is 0 Å². The third kappa shape index (κ3) is 3.72. The van der Waals surface area contributed by atoms with E-state index >= 15 is 0 Å². The van der Waals surface area contributed by atoms with Gasteiger partial charge in [-0.1, -0.05) is 0 Å². The fraction of sp³-hybridized carbons (Fsp3) is 1.00. The van der Waals surface area contributed by atoms with Crippen LogP contribution in [0.15, 0.2) is 0 Å². The number of hydrogen-bond acceptors (Lipinski definition) is 4. The maximum Gasteiger partial charge on any atom is 0.294 e. The second kappa shape index (κ2) is 3.24. The Kier molecular flexibility index (Phi) is 2.94. The van der Waals surface area contributed by atoms with Gasteiger partial charge in [-0.25, -0.2) is 0 Å². The Balaban J connectivity index is 3.50. The zero-order valence-corrected chi connectivity index (χ0v) is 5.27. The van der Waals surface area contributed by atoms with Crippen molar-refractivity contribution in [3.8, 4) is 0 Å². The summed E-state index contributed by atoms with van der Waals surface area (Å²) >= 11 is 0. The lowest BCUT2D eigenvalue weighted by Gasteiger charge is -2.10. The summed E-state index contributed by atoms with van der Waals surface area (Å²) in [6, 6.07) is 0. The van der Waals surface area contributed by atoms with Crippen LogP contribution < -0.4 is 0 Å². The second-order valence-corrected chi connectivity index (χ2v) is 1.77. The van der Waals surface area contributed by atoms with Gasteiger partial charge in [0.1, 0.15) is 6.10 Å². The van der Waals surface area contributed by atoms with Crippen LogP contribution in [-0.2, 0) is 4.84 Å². The SMILES string of the molecule is C[C@H](O[N+](=O)[O-])[C@@H](C)O. The number of rotatable bonds is 3. The molecule has 0 radical (unpaired) electrons. The van der Waals surface area contributed by atoms with Crippen LogP contribution in [0.5, 0.6) is 0 Å². The van der Waals surface area contributed by atoms with Gasteiger partial charge < -0.3 is 9.94 Å². The molecule has 0 unspecified atom stereocenters. The normalized spacial score (nSPS) is 16.3. The molecule has 0 aromatic carbocycles. The molecule has 0 amide bonds. The van der Waals surface area contributed by atoms with E-state index in [0.29, 0.717) is 0 Å². The van der Waals surface area contributed by atoms with Crippen LogP contribution in [0.25, 0.3) is 0 Å². The predicted molar refractivity (Wildman–Crippen MR) is 29.2 cm³/mol. The van der Waals surface area contributed by atoms with E-state index in [1.54, 1.807) is 0 Å². The van der Waals surface area contributed by atoms with Crippen LogP contribution in [0.4, 0.5) is 0 Å². The zero-order valence-electron chi connectivity index (χ0n) is 5.27. The Labute approximate surface area is 52.3 Å². The van der Waals surface area contributed by atoms with E-state index in [9.17, 15) is 10.1 Å². The van der Waals surface area contributed by atoms with E-state index in [4.69, 9.17) is 5.11 Å². The van der Waals surface area contributed by atoms with Crippen molar-refractivity contribution in [2.45, 2.75) is 26.1 Å². The van der Waals surface area contributed by atoms with Crippen molar-refractivity contribution in [3.05, 3.63) is 10.1 Å². The molecule has 5 heteroatoms. The van der Waals surface area contributed by atoms with Gasteiger partial charge in [0.05, 0.1) is 6.10 Å².